The van der Waals surface area contributed by atoms with E-state index in [1.165, 1.54) is 5.39 Å². The van der Waals surface area contributed by atoms with Gasteiger partial charge in [0.2, 0.25) is 0 Å². The third-order valence-electron chi connectivity index (χ3n) is 5.94. The van der Waals surface area contributed by atoms with Gasteiger partial charge >= 0.3 is 0 Å². The van der Waals surface area contributed by atoms with E-state index in [1.807, 2.05) is 77.2 Å². The summed E-state index contributed by atoms with van der Waals surface area (Å²) in [4.78, 5) is 20.1. The van der Waals surface area contributed by atoms with Crippen LogP contribution < -0.4 is 0 Å². The molecule has 5 nitrogen and oxygen atoms in total. The molecule has 0 radical (unpaired) electrons. The number of benzene rings is 2. The van der Waals surface area contributed by atoms with E-state index >= 15 is 0 Å². The fraction of sp³-hybridized carbons (Fsp3) is 0.154. The molecule has 0 saturated carbocycles. The zero-order valence-electron chi connectivity index (χ0n) is 17.7. The number of aromatic nitrogens is 3. The molecule has 3 aromatic heterocycles. The monoisotopic (exact) mass is 408 g/mol. The largest absolute Gasteiger partial charge is 0.346 e. The van der Waals surface area contributed by atoms with Crippen LogP contribution in [0, 0.1) is 0 Å². The van der Waals surface area contributed by atoms with Crippen LogP contribution >= 0.6 is 0 Å². The highest BCUT2D eigenvalue weighted by Crippen LogP contribution is 2.23. The minimum absolute atomic E-state index is 0.00499. The van der Waals surface area contributed by atoms with Crippen LogP contribution in [0.25, 0.3) is 21.8 Å². The molecule has 0 saturated heterocycles. The van der Waals surface area contributed by atoms with E-state index in [1.54, 1.807) is 6.20 Å². The average Bonchev–Trinajstić information content (AvgIpc) is 3.31. The highest BCUT2D eigenvalue weighted by molar-refractivity contribution is 5.98. The van der Waals surface area contributed by atoms with Crippen LogP contribution in [0.15, 0.2) is 85.1 Å². The third-order valence-corrected chi connectivity index (χ3v) is 5.94. The summed E-state index contributed by atoms with van der Waals surface area (Å²) in [6.07, 6.45) is 1.77. The van der Waals surface area contributed by atoms with Crippen molar-refractivity contribution in [1.82, 2.24) is 19.0 Å². The Morgan fingerprint density at radius 3 is 2.10 bits per heavy atom. The number of carbonyl (C=O) groups is 1. The smallest absolute Gasteiger partial charge is 0.271 e. The van der Waals surface area contributed by atoms with Gasteiger partial charge in [0.1, 0.15) is 5.69 Å². The summed E-state index contributed by atoms with van der Waals surface area (Å²) < 4.78 is 4.14. The molecule has 2 aromatic carbocycles. The Morgan fingerprint density at radius 2 is 1.45 bits per heavy atom. The van der Waals surface area contributed by atoms with Crippen molar-refractivity contribution in [2.75, 3.05) is 0 Å². The van der Waals surface area contributed by atoms with E-state index in [0.717, 1.165) is 27.8 Å². The summed E-state index contributed by atoms with van der Waals surface area (Å²) in [5, 5.41) is 2.24. The molecule has 5 rings (SSSR count). The van der Waals surface area contributed by atoms with Gasteiger partial charge in [0, 0.05) is 42.4 Å². The van der Waals surface area contributed by atoms with E-state index < -0.39 is 0 Å². The Morgan fingerprint density at radius 1 is 0.806 bits per heavy atom. The molecule has 0 unspecified atom stereocenters. The number of aryl methyl sites for hydroxylation is 2. The highest BCUT2D eigenvalue weighted by Gasteiger charge is 2.22. The molecular weight excluding hydrogens is 384 g/mol. The van der Waals surface area contributed by atoms with Crippen molar-refractivity contribution in [3.8, 4) is 0 Å². The Kier molecular flexibility index (Phi) is 4.79. The van der Waals surface area contributed by atoms with Crippen molar-refractivity contribution in [2.45, 2.75) is 13.1 Å². The second-order valence-corrected chi connectivity index (χ2v) is 7.88. The lowest BCUT2D eigenvalue weighted by Gasteiger charge is -2.23. The summed E-state index contributed by atoms with van der Waals surface area (Å²) in [5.74, 6) is -0.00499. The zero-order valence-corrected chi connectivity index (χ0v) is 17.7. The van der Waals surface area contributed by atoms with Crippen molar-refractivity contribution in [3.05, 3.63) is 102 Å². The van der Waals surface area contributed by atoms with Gasteiger partial charge in [-0.05, 0) is 41.8 Å². The molecule has 1 amide bonds. The normalized spacial score (nSPS) is 11.3. The topological polar surface area (TPSA) is 43.1 Å². The summed E-state index contributed by atoms with van der Waals surface area (Å²) in [7, 11) is 4.00. The molecule has 0 aliphatic heterocycles. The molecule has 0 aliphatic rings. The highest BCUT2D eigenvalue weighted by atomic mass is 16.2. The minimum atomic E-state index is -0.00499. The number of pyridine rings is 1. The Bertz CT molecular complexity index is 1380. The lowest BCUT2D eigenvalue weighted by atomic mass is 10.2. The van der Waals surface area contributed by atoms with Crippen molar-refractivity contribution in [2.24, 2.45) is 14.1 Å². The molecule has 0 atom stereocenters. The Balaban J connectivity index is 1.55. The molecule has 5 aromatic rings. The quantitative estimate of drug-likeness (QED) is 0.415. The lowest BCUT2D eigenvalue weighted by molar-refractivity contribution is 0.0715. The number of fused-ring (bicyclic) bond motifs is 2. The summed E-state index contributed by atoms with van der Waals surface area (Å²) >= 11 is 0. The number of hydrogen-bond donors (Lipinski definition) is 0. The fourth-order valence-corrected chi connectivity index (χ4v) is 4.24. The SMILES string of the molecule is Cn1c(CN(Cc2ccccn2)C(=O)c2cc3ccccc3n2C)cc2ccccc21. The van der Waals surface area contributed by atoms with Gasteiger partial charge < -0.3 is 14.0 Å². The van der Waals surface area contributed by atoms with Gasteiger partial charge in [0.15, 0.2) is 0 Å². The fourth-order valence-electron chi connectivity index (χ4n) is 4.24. The summed E-state index contributed by atoms with van der Waals surface area (Å²) in [5.41, 5.74) is 4.84. The molecule has 5 heteroatoms. The maximum Gasteiger partial charge on any atom is 0.271 e. The lowest BCUT2D eigenvalue weighted by Crippen LogP contribution is -2.32. The van der Waals surface area contributed by atoms with E-state index in [0.29, 0.717) is 18.8 Å². The number of carbonyl (C=O) groups excluding carboxylic acids is 1. The van der Waals surface area contributed by atoms with Crippen LogP contribution in [0.5, 0.6) is 0 Å². The summed E-state index contributed by atoms with van der Waals surface area (Å²) in [6, 6.07) is 26.3. The van der Waals surface area contributed by atoms with Crippen molar-refractivity contribution < 1.29 is 4.79 Å². The van der Waals surface area contributed by atoms with E-state index in [-0.39, 0.29) is 5.91 Å². The van der Waals surface area contributed by atoms with Gasteiger partial charge in [0.25, 0.3) is 5.91 Å². The van der Waals surface area contributed by atoms with Crippen LogP contribution in [0.2, 0.25) is 0 Å². The first kappa shape index (κ1) is 19.1. The van der Waals surface area contributed by atoms with Crippen LogP contribution in [-0.2, 0) is 27.2 Å². The number of hydrogen-bond acceptors (Lipinski definition) is 2. The Labute approximate surface area is 181 Å². The minimum Gasteiger partial charge on any atom is -0.346 e. The van der Waals surface area contributed by atoms with Gasteiger partial charge in [-0.3, -0.25) is 9.78 Å². The summed E-state index contributed by atoms with van der Waals surface area (Å²) in [6.45, 7) is 0.949. The first-order chi connectivity index (χ1) is 15.1. The van der Waals surface area contributed by atoms with Crippen molar-refractivity contribution >= 4 is 27.7 Å². The maximum absolute atomic E-state index is 13.7. The number of nitrogens with zero attached hydrogens (tertiary/aromatic N) is 4. The van der Waals surface area contributed by atoms with Crippen molar-refractivity contribution in [3.63, 3.8) is 0 Å². The first-order valence-corrected chi connectivity index (χ1v) is 10.4. The zero-order chi connectivity index (χ0) is 21.4. The van der Waals surface area contributed by atoms with Gasteiger partial charge in [0.05, 0.1) is 18.8 Å². The van der Waals surface area contributed by atoms with E-state index in [4.69, 9.17) is 0 Å². The molecular formula is C26H24N4O. The van der Waals surface area contributed by atoms with Crippen LogP contribution in [-0.4, -0.2) is 24.9 Å². The second-order valence-electron chi connectivity index (χ2n) is 7.88. The molecule has 0 aliphatic carbocycles. The number of amides is 1. The molecule has 154 valence electrons. The second kappa shape index (κ2) is 7.76. The van der Waals surface area contributed by atoms with Crippen LogP contribution in [0.1, 0.15) is 21.9 Å². The van der Waals surface area contributed by atoms with E-state index in [9.17, 15) is 4.79 Å². The molecule has 0 fully saturated rings. The molecule has 0 spiro atoms. The van der Waals surface area contributed by atoms with Crippen LogP contribution in [0.3, 0.4) is 0 Å². The molecule has 0 bridgehead atoms. The predicted molar refractivity (Wildman–Crippen MR) is 124 cm³/mol. The van der Waals surface area contributed by atoms with Crippen molar-refractivity contribution in [1.29, 1.82) is 0 Å². The average molecular weight is 409 g/mol. The van der Waals surface area contributed by atoms with E-state index in [2.05, 4.69) is 34.8 Å². The molecule has 0 N–H and O–H groups in total. The first-order valence-electron chi connectivity index (χ1n) is 10.4. The Hall–Kier alpha value is -3.86. The standard InChI is InChI=1S/C26H24N4O/c1-28-22(15-19-9-3-5-12-23(19)28)18-30(17-21-11-7-8-14-27-21)26(31)25-16-20-10-4-6-13-24(20)29(25)2/h3-16H,17-18H2,1-2H3. The van der Waals surface area contributed by atoms with Gasteiger partial charge in [-0.15, -0.1) is 0 Å². The molecule has 3 heterocycles. The third kappa shape index (κ3) is 3.48. The van der Waals surface area contributed by atoms with Gasteiger partial charge in [-0.25, -0.2) is 0 Å². The molecule has 31 heavy (non-hydrogen) atoms. The maximum atomic E-state index is 13.7. The van der Waals surface area contributed by atoms with Gasteiger partial charge in [-0.1, -0.05) is 42.5 Å². The number of para-hydroxylation sites is 2. The van der Waals surface area contributed by atoms with Gasteiger partial charge in [-0.2, -0.15) is 0 Å². The number of rotatable bonds is 5. The van der Waals surface area contributed by atoms with Crippen LogP contribution in [0.4, 0.5) is 0 Å². The predicted octanol–water partition coefficient (Wildman–Crippen LogP) is 4.91.